The average molecular weight is 277 g/mol. The van der Waals surface area contributed by atoms with Crippen molar-refractivity contribution in [2.45, 2.75) is 11.7 Å². The molecule has 0 aromatic rings. The lowest BCUT2D eigenvalue weighted by atomic mass is 10.1. The summed E-state index contributed by atoms with van der Waals surface area (Å²) in [5, 5.41) is 10.3. The summed E-state index contributed by atoms with van der Waals surface area (Å²) in [6.45, 7) is 3.08. The zero-order chi connectivity index (χ0) is 14.0. The Labute approximate surface area is 105 Å². The standard InChI is InChI=1S/C10H15NO6S/c1-3-4-17-9(14)11-6-10(8(12)13)5-7(10)18(2,15)16/h3,7H,1,4-6H2,2H3,(H,11,14)(H,12,13)/t7-,10+/m1/s1. The Kier molecular flexibility index (Phi) is 4.00. The van der Waals surface area contributed by atoms with Crippen molar-refractivity contribution in [1.29, 1.82) is 0 Å². The summed E-state index contributed by atoms with van der Waals surface area (Å²) in [6, 6.07) is 0. The molecule has 0 bridgehead atoms. The zero-order valence-corrected chi connectivity index (χ0v) is 10.7. The number of ether oxygens (including phenoxy) is 1. The summed E-state index contributed by atoms with van der Waals surface area (Å²) in [4.78, 5) is 22.2. The van der Waals surface area contributed by atoms with Crippen LogP contribution in [0.25, 0.3) is 0 Å². The molecule has 2 N–H and O–H groups in total. The summed E-state index contributed by atoms with van der Waals surface area (Å²) >= 11 is 0. The lowest BCUT2D eigenvalue weighted by Crippen LogP contribution is -2.37. The molecule has 1 fully saturated rings. The number of rotatable bonds is 6. The highest BCUT2D eigenvalue weighted by molar-refractivity contribution is 7.91. The van der Waals surface area contributed by atoms with E-state index in [0.717, 1.165) is 6.26 Å². The predicted molar refractivity (Wildman–Crippen MR) is 62.9 cm³/mol. The Morgan fingerprint density at radius 1 is 1.61 bits per heavy atom. The number of hydrogen-bond acceptors (Lipinski definition) is 5. The average Bonchev–Trinajstić information content (AvgIpc) is 2.99. The Bertz CT molecular complexity index is 471. The third-order valence-electron chi connectivity index (χ3n) is 2.83. The van der Waals surface area contributed by atoms with E-state index in [4.69, 9.17) is 5.11 Å². The van der Waals surface area contributed by atoms with Gasteiger partial charge in [0.25, 0.3) is 0 Å². The first-order chi connectivity index (χ1) is 8.24. The van der Waals surface area contributed by atoms with Gasteiger partial charge in [0.15, 0.2) is 9.84 Å². The maximum absolute atomic E-state index is 11.3. The van der Waals surface area contributed by atoms with E-state index in [1.807, 2.05) is 0 Å². The van der Waals surface area contributed by atoms with Crippen LogP contribution in [-0.4, -0.2) is 50.2 Å². The summed E-state index contributed by atoms with van der Waals surface area (Å²) in [6.07, 6.45) is 1.55. The van der Waals surface area contributed by atoms with E-state index >= 15 is 0 Å². The molecule has 0 unspecified atom stereocenters. The van der Waals surface area contributed by atoms with Crippen molar-refractivity contribution in [1.82, 2.24) is 5.32 Å². The lowest BCUT2D eigenvalue weighted by molar-refractivity contribution is -0.143. The van der Waals surface area contributed by atoms with Gasteiger partial charge in [0.05, 0.1) is 5.25 Å². The summed E-state index contributed by atoms with van der Waals surface area (Å²) in [5.74, 6) is -1.23. The molecular formula is C10H15NO6S. The third-order valence-corrected chi connectivity index (χ3v) is 4.48. The molecule has 1 amide bonds. The molecule has 0 aliphatic heterocycles. The minimum Gasteiger partial charge on any atom is -0.481 e. The molecule has 18 heavy (non-hydrogen) atoms. The van der Waals surface area contributed by atoms with Crippen molar-refractivity contribution in [2.75, 3.05) is 19.4 Å². The number of carboxylic acid groups (broad SMARTS) is 1. The van der Waals surface area contributed by atoms with Crippen LogP contribution in [0.3, 0.4) is 0 Å². The first-order valence-electron chi connectivity index (χ1n) is 5.18. The lowest BCUT2D eigenvalue weighted by Gasteiger charge is -2.12. The molecule has 8 heteroatoms. The Morgan fingerprint density at radius 3 is 2.61 bits per heavy atom. The highest BCUT2D eigenvalue weighted by Gasteiger charge is 2.65. The fraction of sp³-hybridized carbons (Fsp3) is 0.600. The third kappa shape index (κ3) is 3.00. The van der Waals surface area contributed by atoms with Crippen LogP contribution in [0.15, 0.2) is 12.7 Å². The van der Waals surface area contributed by atoms with Crippen molar-refractivity contribution in [3.8, 4) is 0 Å². The van der Waals surface area contributed by atoms with Crippen LogP contribution >= 0.6 is 0 Å². The maximum atomic E-state index is 11.3. The Hall–Kier alpha value is -1.57. The van der Waals surface area contributed by atoms with E-state index in [1.165, 1.54) is 6.08 Å². The molecule has 1 saturated carbocycles. The van der Waals surface area contributed by atoms with Gasteiger partial charge >= 0.3 is 12.1 Å². The highest BCUT2D eigenvalue weighted by Crippen LogP contribution is 2.50. The van der Waals surface area contributed by atoms with E-state index in [0.29, 0.717) is 0 Å². The number of aliphatic carboxylic acids is 1. The smallest absolute Gasteiger partial charge is 0.407 e. The van der Waals surface area contributed by atoms with Crippen LogP contribution in [0.2, 0.25) is 0 Å². The van der Waals surface area contributed by atoms with Gasteiger partial charge in [-0.05, 0) is 6.42 Å². The van der Waals surface area contributed by atoms with Gasteiger partial charge in [-0.2, -0.15) is 0 Å². The fourth-order valence-electron chi connectivity index (χ4n) is 1.74. The summed E-state index contributed by atoms with van der Waals surface area (Å²) < 4.78 is 27.2. The van der Waals surface area contributed by atoms with Crippen molar-refractivity contribution >= 4 is 21.9 Å². The zero-order valence-electron chi connectivity index (χ0n) is 9.88. The molecule has 7 nitrogen and oxygen atoms in total. The van der Waals surface area contributed by atoms with E-state index in [9.17, 15) is 18.0 Å². The second-order valence-electron chi connectivity index (χ2n) is 4.22. The van der Waals surface area contributed by atoms with Gasteiger partial charge < -0.3 is 15.2 Å². The van der Waals surface area contributed by atoms with E-state index in [-0.39, 0.29) is 19.6 Å². The van der Waals surface area contributed by atoms with E-state index in [1.54, 1.807) is 0 Å². The van der Waals surface area contributed by atoms with Crippen LogP contribution in [-0.2, 0) is 19.4 Å². The molecule has 0 aromatic heterocycles. The van der Waals surface area contributed by atoms with E-state index in [2.05, 4.69) is 16.6 Å². The Morgan fingerprint density at radius 2 is 2.22 bits per heavy atom. The molecule has 1 rings (SSSR count). The second-order valence-corrected chi connectivity index (χ2v) is 6.45. The topological polar surface area (TPSA) is 110 Å². The number of amides is 1. The number of carbonyl (C=O) groups is 2. The largest absolute Gasteiger partial charge is 0.481 e. The van der Waals surface area contributed by atoms with Crippen molar-refractivity contribution in [3.05, 3.63) is 12.7 Å². The molecular weight excluding hydrogens is 262 g/mol. The van der Waals surface area contributed by atoms with Gasteiger partial charge in [-0.3, -0.25) is 4.79 Å². The highest BCUT2D eigenvalue weighted by atomic mass is 32.2. The maximum Gasteiger partial charge on any atom is 0.407 e. The van der Waals surface area contributed by atoms with Crippen molar-refractivity contribution < 1.29 is 27.9 Å². The molecule has 0 heterocycles. The molecule has 1 aliphatic rings. The van der Waals surface area contributed by atoms with Gasteiger partial charge in [-0.1, -0.05) is 12.7 Å². The monoisotopic (exact) mass is 277 g/mol. The van der Waals surface area contributed by atoms with Crippen LogP contribution < -0.4 is 5.32 Å². The van der Waals surface area contributed by atoms with Gasteiger partial charge in [-0.15, -0.1) is 0 Å². The van der Waals surface area contributed by atoms with Gasteiger partial charge in [0, 0.05) is 12.8 Å². The van der Waals surface area contributed by atoms with Crippen LogP contribution in [0, 0.1) is 5.41 Å². The number of sulfone groups is 1. The molecule has 0 spiro atoms. The van der Waals surface area contributed by atoms with Gasteiger partial charge in [0.1, 0.15) is 12.0 Å². The van der Waals surface area contributed by atoms with Crippen LogP contribution in [0.1, 0.15) is 6.42 Å². The minimum atomic E-state index is -3.44. The van der Waals surface area contributed by atoms with Crippen LogP contribution in [0.5, 0.6) is 0 Å². The molecule has 1 aliphatic carbocycles. The number of hydrogen-bond donors (Lipinski definition) is 2. The minimum absolute atomic E-state index is 0.00140. The number of alkyl carbamates (subject to hydrolysis) is 1. The number of carbonyl (C=O) groups excluding carboxylic acids is 1. The number of carboxylic acids is 1. The SMILES string of the molecule is C=CCOC(=O)NC[C@@]1(C(=O)O)C[C@H]1S(C)(=O)=O. The summed E-state index contributed by atoms with van der Waals surface area (Å²) in [7, 11) is -3.44. The molecule has 0 saturated heterocycles. The predicted octanol–water partition coefficient (Wildman–Crippen LogP) is -0.213. The second kappa shape index (κ2) is 4.97. The van der Waals surface area contributed by atoms with Crippen LogP contribution in [0.4, 0.5) is 4.79 Å². The van der Waals surface area contributed by atoms with Gasteiger partial charge in [0.2, 0.25) is 0 Å². The first-order valence-corrected chi connectivity index (χ1v) is 7.13. The molecule has 102 valence electrons. The summed E-state index contributed by atoms with van der Waals surface area (Å²) in [5.41, 5.74) is -1.43. The van der Waals surface area contributed by atoms with Crippen molar-refractivity contribution in [2.24, 2.45) is 5.41 Å². The van der Waals surface area contributed by atoms with E-state index < -0.39 is 32.6 Å². The quantitative estimate of drug-likeness (QED) is 0.650. The molecule has 0 radical (unpaired) electrons. The number of nitrogens with one attached hydrogen (secondary N) is 1. The first kappa shape index (κ1) is 14.5. The van der Waals surface area contributed by atoms with Gasteiger partial charge in [-0.25, -0.2) is 13.2 Å². The fourth-order valence-corrected chi connectivity index (χ4v) is 3.34. The van der Waals surface area contributed by atoms with Crippen molar-refractivity contribution in [3.63, 3.8) is 0 Å². The Balaban J connectivity index is 2.61. The molecule has 2 atom stereocenters. The molecule has 0 aromatic carbocycles. The normalized spacial score (nSPS) is 26.2.